The van der Waals surface area contributed by atoms with Crippen molar-refractivity contribution in [3.8, 4) is 5.75 Å². The molecule has 0 bridgehead atoms. The van der Waals surface area contributed by atoms with Gasteiger partial charge in [-0.05, 0) is 43.9 Å². The summed E-state index contributed by atoms with van der Waals surface area (Å²) >= 11 is 0. The molecule has 0 amide bonds. The zero-order chi connectivity index (χ0) is 13.2. The summed E-state index contributed by atoms with van der Waals surface area (Å²) in [6, 6.07) is 8.46. The minimum Gasteiger partial charge on any atom is -0.497 e. The Labute approximate surface area is 109 Å². The predicted molar refractivity (Wildman–Crippen MR) is 73.5 cm³/mol. The van der Waals surface area contributed by atoms with E-state index in [1.54, 1.807) is 7.11 Å². The molecule has 1 atom stereocenters. The Kier molecular flexibility index (Phi) is 7.41. The van der Waals surface area contributed by atoms with Crippen LogP contribution < -0.4 is 16.0 Å². The maximum Gasteiger partial charge on any atom is 0.118 e. The fraction of sp³-hybridized carbons (Fsp3) is 0.571. The average molecular weight is 252 g/mol. The minimum absolute atomic E-state index is 0.304. The van der Waals surface area contributed by atoms with Crippen molar-refractivity contribution in [2.75, 3.05) is 20.3 Å². The first-order valence-corrected chi connectivity index (χ1v) is 6.47. The number of nitrogens with one attached hydrogen (secondary N) is 1. The van der Waals surface area contributed by atoms with Crippen LogP contribution in [-0.2, 0) is 11.2 Å². The highest BCUT2D eigenvalue weighted by Crippen LogP contribution is 2.13. The van der Waals surface area contributed by atoms with Crippen LogP contribution in [0.1, 0.15) is 25.3 Å². The number of benzene rings is 1. The summed E-state index contributed by atoms with van der Waals surface area (Å²) in [5.74, 6) is 6.43. The zero-order valence-electron chi connectivity index (χ0n) is 11.3. The second-order valence-corrected chi connectivity index (χ2v) is 4.24. The molecule has 0 saturated heterocycles. The highest BCUT2D eigenvalue weighted by atomic mass is 16.5. The number of hydrazine groups is 1. The number of ether oxygens (including phenoxy) is 2. The van der Waals surface area contributed by atoms with Gasteiger partial charge in [-0.25, -0.2) is 0 Å². The summed E-state index contributed by atoms with van der Waals surface area (Å²) < 4.78 is 10.5. The van der Waals surface area contributed by atoms with E-state index in [4.69, 9.17) is 15.3 Å². The van der Waals surface area contributed by atoms with E-state index >= 15 is 0 Å². The van der Waals surface area contributed by atoms with Crippen molar-refractivity contribution in [1.82, 2.24) is 5.43 Å². The molecule has 4 heteroatoms. The third-order valence-electron chi connectivity index (χ3n) is 2.99. The lowest BCUT2D eigenvalue weighted by Crippen LogP contribution is -2.36. The second-order valence-electron chi connectivity index (χ2n) is 4.24. The van der Waals surface area contributed by atoms with E-state index < -0.39 is 0 Å². The third kappa shape index (κ3) is 5.49. The van der Waals surface area contributed by atoms with Gasteiger partial charge in [0.2, 0.25) is 0 Å². The molecular weight excluding hydrogens is 228 g/mol. The molecule has 3 N–H and O–H groups in total. The largest absolute Gasteiger partial charge is 0.497 e. The number of rotatable bonds is 9. The normalized spacial score (nSPS) is 12.4. The van der Waals surface area contributed by atoms with E-state index in [1.807, 2.05) is 19.1 Å². The molecule has 1 aromatic carbocycles. The fourth-order valence-corrected chi connectivity index (χ4v) is 1.81. The van der Waals surface area contributed by atoms with Crippen molar-refractivity contribution in [1.29, 1.82) is 0 Å². The molecule has 0 aliphatic rings. The molecule has 1 rings (SSSR count). The molecule has 0 heterocycles. The van der Waals surface area contributed by atoms with Crippen LogP contribution in [0.4, 0.5) is 0 Å². The van der Waals surface area contributed by atoms with E-state index in [-0.39, 0.29) is 0 Å². The quantitative estimate of drug-likeness (QED) is 0.400. The van der Waals surface area contributed by atoms with Crippen LogP contribution in [0.15, 0.2) is 24.3 Å². The van der Waals surface area contributed by atoms with Gasteiger partial charge in [-0.2, -0.15) is 0 Å². The Morgan fingerprint density at radius 2 is 1.94 bits per heavy atom. The van der Waals surface area contributed by atoms with Gasteiger partial charge in [0, 0.05) is 19.3 Å². The molecule has 0 aliphatic carbocycles. The summed E-state index contributed by atoms with van der Waals surface area (Å²) in [4.78, 5) is 0. The first-order valence-electron chi connectivity index (χ1n) is 6.47. The number of methoxy groups -OCH3 is 1. The predicted octanol–water partition coefficient (Wildman–Crippen LogP) is 1.89. The Balaban J connectivity index is 2.32. The standard InChI is InChI=1S/C14H24N2O2/c1-3-18-11-10-13(16-15)7-4-12-5-8-14(17-2)9-6-12/h5-6,8-9,13,16H,3-4,7,10-11,15H2,1-2H3. The fourth-order valence-electron chi connectivity index (χ4n) is 1.81. The van der Waals surface area contributed by atoms with Gasteiger partial charge in [-0.15, -0.1) is 0 Å². The number of aryl methyl sites for hydroxylation is 1. The van der Waals surface area contributed by atoms with Crippen LogP contribution in [0, 0.1) is 0 Å². The molecule has 1 unspecified atom stereocenters. The minimum atomic E-state index is 0.304. The highest BCUT2D eigenvalue weighted by Gasteiger charge is 2.06. The Morgan fingerprint density at radius 1 is 1.22 bits per heavy atom. The van der Waals surface area contributed by atoms with Gasteiger partial charge in [0.25, 0.3) is 0 Å². The smallest absolute Gasteiger partial charge is 0.118 e. The van der Waals surface area contributed by atoms with Gasteiger partial charge in [0.05, 0.1) is 7.11 Å². The summed E-state index contributed by atoms with van der Waals surface area (Å²) in [5.41, 5.74) is 4.15. The van der Waals surface area contributed by atoms with Gasteiger partial charge in [0.1, 0.15) is 5.75 Å². The van der Waals surface area contributed by atoms with Gasteiger partial charge in [-0.1, -0.05) is 12.1 Å². The lowest BCUT2D eigenvalue weighted by Gasteiger charge is -2.15. The van der Waals surface area contributed by atoms with Crippen molar-refractivity contribution in [2.24, 2.45) is 5.84 Å². The van der Waals surface area contributed by atoms with Crippen molar-refractivity contribution in [2.45, 2.75) is 32.2 Å². The molecule has 18 heavy (non-hydrogen) atoms. The number of hydrogen-bond acceptors (Lipinski definition) is 4. The van der Waals surface area contributed by atoms with E-state index in [2.05, 4.69) is 17.6 Å². The molecule has 4 nitrogen and oxygen atoms in total. The monoisotopic (exact) mass is 252 g/mol. The molecule has 0 saturated carbocycles. The Morgan fingerprint density at radius 3 is 2.50 bits per heavy atom. The molecule has 0 radical (unpaired) electrons. The van der Waals surface area contributed by atoms with Gasteiger partial charge in [-0.3, -0.25) is 11.3 Å². The summed E-state index contributed by atoms with van der Waals surface area (Å²) in [7, 11) is 1.68. The Hall–Kier alpha value is -1.10. The lowest BCUT2D eigenvalue weighted by atomic mass is 10.0. The van der Waals surface area contributed by atoms with Gasteiger partial charge < -0.3 is 9.47 Å². The highest BCUT2D eigenvalue weighted by molar-refractivity contribution is 5.27. The first kappa shape index (κ1) is 15.0. The van der Waals surface area contributed by atoms with Crippen LogP contribution in [0.2, 0.25) is 0 Å². The summed E-state index contributed by atoms with van der Waals surface area (Å²) in [6.45, 7) is 3.52. The van der Waals surface area contributed by atoms with Crippen molar-refractivity contribution >= 4 is 0 Å². The molecule has 102 valence electrons. The van der Waals surface area contributed by atoms with E-state index in [9.17, 15) is 0 Å². The van der Waals surface area contributed by atoms with Gasteiger partial charge in [0.15, 0.2) is 0 Å². The topological polar surface area (TPSA) is 56.5 Å². The molecule has 0 fully saturated rings. The maximum absolute atomic E-state index is 5.54. The summed E-state index contributed by atoms with van der Waals surface area (Å²) in [5, 5.41) is 0. The van der Waals surface area contributed by atoms with E-state index in [0.29, 0.717) is 6.04 Å². The summed E-state index contributed by atoms with van der Waals surface area (Å²) in [6.07, 6.45) is 2.96. The molecule has 0 aromatic heterocycles. The van der Waals surface area contributed by atoms with Gasteiger partial charge >= 0.3 is 0 Å². The van der Waals surface area contributed by atoms with E-state index in [1.165, 1.54) is 5.56 Å². The van der Waals surface area contributed by atoms with Crippen molar-refractivity contribution in [3.63, 3.8) is 0 Å². The van der Waals surface area contributed by atoms with Crippen molar-refractivity contribution in [3.05, 3.63) is 29.8 Å². The second kappa shape index (κ2) is 8.91. The lowest BCUT2D eigenvalue weighted by molar-refractivity contribution is 0.135. The SMILES string of the molecule is CCOCCC(CCc1ccc(OC)cc1)NN. The zero-order valence-corrected chi connectivity index (χ0v) is 11.3. The molecular formula is C14H24N2O2. The maximum atomic E-state index is 5.54. The molecule has 0 aliphatic heterocycles. The van der Waals surface area contributed by atoms with E-state index in [0.717, 1.165) is 38.2 Å². The van der Waals surface area contributed by atoms with Crippen LogP contribution in [0.25, 0.3) is 0 Å². The molecule has 0 spiro atoms. The average Bonchev–Trinajstić information content (AvgIpc) is 2.43. The van der Waals surface area contributed by atoms with Crippen LogP contribution in [-0.4, -0.2) is 26.4 Å². The third-order valence-corrected chi connectivity index (χ3v) is 2.99. The van der Waals surface area contributed by atoms with Crippen molar-refractivity contribution < 1.29 is 9.47 Å². The first-order chi connectivity index (χ1) is 8.80. The molecule has 1 aromatic rings. The Bertz CT molecular complexity index is 314. The van der Waals surface area contributed by atoms with Crippen LogP contribution in [0.5, 0.6) is 5.75 Å². The number of nitrogens with two attached hydrogens (primary N) is 1. The number of hydrogen-bond donors (Lipinski definition) is 2. The van der Waals surface area contributed by atoms with Crippen LogP contribution >= 0.6 is 0 Å². The van der Waals surface area contributed by atoms with Crippen LogP contribution in [0.3, 0.4) is 0 Å².